The number of carbonyl (C=O) groups excluding carboxylic acids is 1. The fourth-order valence-corrected chi connectivity index (χ4v) is 2.67. The first-order valence-corrected chi connectivity index (χ1v) is 7.38. The van der Waals surface area contributed by atoms with E-state index in [2.05, 4.69) is 10.5 Å². The fourth-order valence-electron chi connectivity index (χ4n) is 2.67. The molecule has 0 unspecified atom stereocenters. The maximum Gasteiger partial charge on any atom is 0.307 e. The molecule has 0 fully saturated rings. The number of hydrogen-bond donors (Lipinski definition) is 1. The van der Waals surface area contributed by atoms with E-state index in [0.717, 1.165) is 36.1 Å². The Bertz CT molecular complexity index is 735. The van der Waals surface area contributed by atoms with Crippen molar-refractivity contribution in [3.8, 4) is 11.5 Å². The van der Waals surface area contributed by atoms with Crippen molar-refractivity contribution in [1.82, 2.24) is 5.43 Å². The van der Waals surface area contributed by atoms with Gasteiger partial charge in [0.2, 0.25) is 0 Å². The highest BCUT2D eigenvalue weighted by atomic mass is 16.5. The van der Waals surface area contributed by atoms with E-state index >= 15 is 0 Å². The second-order valence-electron chi connectivity index (χ2n) is 5.19. The molecular formula is C17H18N2O4. The summed E-state index contributed by atoms with van der Waals surface area (Å²) in [5.74, 6) is 1.22. The lowest BCUT2D eigenvalue weighted by Gasteiger charge is -2.20. The Morgan fingerprint density at radius 1 is 1.22 bits per heavy atom. The number of ether oxygens (including phenoxy) is 2. The van der Waals surface area contributed by atoms with E-state index in [-0.39, 0.29) is 11.7 Å². The molecule has 1 aliphatic rings. The molecule has 0 saturated heterocycles. The normalized spacial score (nSPS) is 15.1. The third kappa shape index (κ3) is 3.06. The highest BCUT2D eigenvalue weighted by Crippen LogP contribution is 2.34. The van der Waals surface area contributed by atoms with Crippen LogP contribution in [0.25, 0.3) is 0 Å². The number of hydrazone groups is 1. The number of amides is 1. The van der Waals surface area contributed by atoms with Crippen LogP contribution < -0.4 is 14.9 Å². The lowest BCUT2D eigenvalue weighted by atomic mass is 9.89. The molecule has 3 rings (SSSR count). The van der Waals surface area contributed by atoms with E-state index in [0.29, 0.717) is 11.5 Å². The number of furan rings is 1. The van der Waals surface area contributed by atoms with Gasteiger partial charge in [-0.05, 0) is 49.1 Å². The summed E-state index contributed by atoms with van der Waals surface area (Å²) < 4.78 is 15.7. The number of fused-ring (bicyclic) bond motifs is 1. The molecular weight excluding hydrogens is 296 g/mol. The number of nitrogens with one attached hydrogen (secondary N) is 1. The smallest absolute Gasteiger partial charge is 0.307 e. The average Bonchev–Trinajstić information content (AvgIpc) is 3.13. The average molecular weight is 314 g/mol. The Labute approximate surface area is 134 Å². The van der Waals surface area contributed by atoms with Crippen LogP contribution in [-0.4, -0.2) is 25.8 Å². The van der Waals surface area contributed by atoms with Crippen molar-refractivity contribution in [2.24, 2.45) is 5.10 Å². The van der Waals surface area contributed by atoms with E-state index in [1.54, 1.807) is 26.4 Å². The Kier molecular flexibility index (Phi) is 4.32. The summed E-state index contributed by atoms with van der Waals surface area (Å²) in [5, 5.41) is 4.27. The van der Waals surface area contributed by atoms with Crippen molar-refractivity contribution in [2.75, 3.05) is 14.2 Å². The van der Waals surface area contributed by atoms with Crippen LogP contribution in [0.4, 0.5) is 0 Å². The predicted molar refractivity (Wildman–Crippen MR) is 85.2 cm³/mol. The highest BCUT2D eigenvalue weighted by molar-refractivity contribution is 6.04. The molecule has 1 aromatic heterocycles. The molecule has 1 amide bonds. The minimum absolute atomic E-state index is 0.234. The Morgan fingerprint density at radius 2 is 2.00 bits per heavy atom. The zero-order valence-electron chi connectivity index (χ0n) is 13.1. The number of aryl methyl sites for hydroxylation is 1. The summed E-state index contributed by atoms with van der Waals surface area (Å²) in [7, 11) is 3.22. The molecule has 6 nitrogen and oxygen atoms in total. The zero-order chi connectivity index (χ0) is 16.2. The monoisotopic (exact) mass is 314 g/mol. The summed E-state index contributed by atoms with van der Waals surface area (Å²) in [6.07, 6.45) is 4.16. The standard InChI is InChI=1S/C17H18N2O4/c1-21-15-9-11-5-3-6-13(12(11)10-16(15)22-2)18-19-17(20)14-7-4-8-23-14/h4,7-10H,3,5-6H2,1-2H3,(H,19,20). The largest absolute Gasteiger partial charge is 0.493 e. The summed E-state index contributed by atoms with van der Waals surface area (Å²) >= 11 is 0. The number of carbonyl (C=O) groups is 1. The molecule has 0 spiro atoms. The number of rotatable bonds is 4. The summed E-state index contributed by atoms with van der Waals surface area (Å²) in [4.78, 5) is 11.9. The van der Waals surface area contributed by atoms with E-state index in [1.165, 1.54) is 6.26 Å². The van der Waals surface area contributed by atoms with Crippen molar-refractivity contribution >= 4 is 11.6 Å². The second-order valence-corrected chi connectivity index (χ2v) is 5.19. The third-order valence-corrected chi connectivity index (χ3v) is 3.82. The van der Waals surface area contributed by atoms with E-state index < -0.39 is 0 Å². The van der Waals surface area contributed by atoms with Crippen molar-refractivity contribution in [3.05, 3.63) is 47.4 Å². The molecule has 0 saturated carbocycles. The molecule has 0 radical (unpaired) electrons. The lowest BCUT2D eigenvalue weighted by Crippen LogP contribution is -2.22. The number of nitrogens with zero attached hydrogens (tertiary/aromatic N) is 1. The number of hydrogen-bond acceptors (Lipinski definition) is 5. The van der Waals surface area contributed by atoms with Gasteiger partial charge in [-0.3, -0.25) is 4.79 Å². The molecule has 120 valence electrons. The minimum Gasteiger partial charge on any atom is -0.493 e. The number of methoxy groups -OCH3 is 2. The predicted octanol–water partition coefficient (Wildman–Crippen LogP) is 2.77. The summed E-state index contributed by atoms with van der Waals surface area (Å²) in [5.41, 5.74) is 5.49. The third-order valence-electron chi connectivity index (χ3n) is 3.82. The van der Waals surface area contributed by atoms with E-state index in [9.17, 15) is 4.79 Å². The van der Waals surface area contributed by atoms with Crippen LogP contribution in [0.1, 0.15) is 34.5 Å². The van der Waals surface area contributed by atoms with Crippen molar-refractivity contribution in [3.63, 3.8) is 0 Å². The van der Waals surface area contributed by atoms with Gasteiger partial charge in [-0.2, -0.15) is 5.10 Å². The fraction of sp³-hybridized carbons (Fsp3) is 0.294. The first-order chi connectivity index (χ1) is 11.2. The van der Waals surface area contributed by atoms with Gasteiger partial charge in [-0.25, -0.2) is 5.43 Å². The van der Waals surface area contributed by atoms with Crippen LogP contribution in [0.5, 0.6) is 11.5 Å². The Morgan fingerprint density at radius 3 is 2.70 bits per heavy atom. The van der Waals surface area contributed by atoms with Gasteiger partial charge >= 0.3 is 5.91 Å². The van der Waals surface area contributed by atoms with Gasteiger partial charge in [0.05, 0.1) is 26.2 Å². The van der Waals surface area contributed by atoms with Crippen molar-refractivity contribution < 1.29 is 18.7 Å². The lowest BCUT2D eigenvalue weighted by molar-refractivity contribution is 0.0927. The first kappa shape index (κ1) is 15.1. The molecule has 0 aliphatic heterocycles. The summed E-state index contributed by atoms with van der Waals surface area (Å²) in [6.45, 7) is 0. The maximum atomic E-state index is 11.9. The SMILES string of the molecule is COc1cc2c(cc1OC)C(=NNC(=O)c1ccco1)CCC2. The van der Waals surface area contributed by atoms with Crippen LogP contribution in [0.3, 0.4) is 0 Å². The molecule has 23 heavy (non-hydrogen) atoms. The molecule has 1 aliphatic carbocycles. The molecule has 0 atom stereocenters. The van der Waals surface area contributed by atoms with Gasteiger partial charge in [0.1, 0.15) is 0 Å². The second kappa shape index (κ2) is 6.56. The van der Waals surface area contributed by atoms with Crippen molar-refractivity contribution in [2.45, 2.75) is 19.3 Å². The van der Waals surface area contributed by atoms with Crippen molar-refractivity contribution in [1.29, 1.82) is 0 Å². The molecule has 0 bridgehead atoms. The van der Waals surface area contributed by atoms with Crippen LogP contribution in [-0.2, 0) is 6.42 Å². The first-order valence-electron chi connectivity index (χ1n) is 7.38. The van der Waals surface area contributed by atoms with Crippen LogP contribution >= 0.6 is 0 Å². The zero-order valence-corrected chi connectivity index (χ0v) is 13.1. The van der Waals surface area contributed by atoms with Gasteiger partial charge < -0.3 is 13.9 Å². The van der Waals surface area contributed by atoms with E-state index in [4.69, 9.17) is 13.9 Å². The Hall–Kier alpha value is -2.76. The Balaban J connectivity index is 1.88. The van der Waals surface area contributed by atoms with E-state index in [1.807, 2.05) is 12.1 Å². The van der Waals surface area contributed by atoms with Gasteiger partial charge in [0, 0.05) is 5.56 Å². The van der Waals surface area contributed by atoms with Gasteiger partial charge in [0.25, 0.3) is 0 Å². The van der Waals surface area contributed by atoms with Gasteiger partial charge in [0.15, 0.2) is 17.3 Å². The van der Waals surface area contributed by atoms with Crippen LogP contribution in [0.15, 0.2) is 40.0 Å². The van der Waals surface area contributed by atoms with Gasteiger partial charge in [-0.1, -0.05) is 0 Å². The maximum absolute atomic E-state index is 11.9. The van der Waals surface area contributed by atoms with Crippen LogP contribution in [0, 0.1) is 0 Å². The topological polar surface area (TPSA) is 73.1 Å². The molecule has 1 heterocycles. The van der Waals surface area contributed by atoms with Crippen LogP contribution in [0.2, 0.25) is 0 Å². The molecule has 2 aromatic rings. The molecule has 1 aromatic carbocycles. The van der Waals surface area contributed by atoms with Gasteiger partial charge in [-0.15, -0.1) is 0 Å². The molecule has 1 N–H and O–H groups in total. The number of benzene rings is 1. The minimum atomic E-state index is -0.366. The molecule has 6 heteroatoms. The quantitative estimate of drug-likeness (QED) is 0.881. The highest BCUT2D eigenvalue weighted by Gasteiger charge is 2.20. The summed E-state index contributed by atoms with van der Waals surface area (Å²) in [6, 6.07) is 7.13.